The van der Waals surface area contributed by atoms with Crippen molar-refractivity contribution in [1.29, 1.82) is 0 Å². The third-order valence-electron chi connectivity index (χ3n) is 4.28. The van der Waals surface area contributed by atoms with E-state index in [1.165, 1.54) is 22.7 Å². The minimum atomic E-state index is -0.192. The minimum absolute atomic E-state index is 0.192. The van der Waals surface area contributed by atoms with Crippen molar-refractivity contribution in [2.24, 2.45) is 0 Å². The van der Waals surface area contributed by atoms with Crippen LogP contribution in [0, 0.1) is 0 Å². The van der Waals surface area contributed by atoms with Crippen molar-refractivity contribution in [3.05, 3.63) is 83.9 Å². The van der Waals surface area contributed by atoms with Gasteiger partial charge in [-0.2, -0.15) is 0 Å². The molecule has 0 saturated carbocycles. The average Bonchev–Trinajstić information content (AvgIpc) is 3.36. The number of carbonyl (C=O) groups excluding carboxylic acids is 2. The van der Waals surface area contributed by atoms with Gasteiger partial charge in [0.05, 0.1) is 20.4 Å². The highest BCUT2D eigenvalue weighted by molar-refractivity contribution is 8.16. The zero-order valence-corrected chi connectivity index (χ0v) is 18.5. The molecule has 4 nitrogen and oxygen atoms in total. The standard InChI is InChI=1S/C22H12N2O2S4/c25-19(29-21-23-15-9-3-5-11-17(15)27-21)13-7-1-2-8-14(13)20(26)30-22-24-16-10-4-6-12-18(16)28-22/h1-12H. The molecule has 0 aliphatic heterocycles. The fourth-order valence-corrected chi connectivity index (χ4v) is 6.80. The lowest BCUT2D eigenvalue weighted by Crippen LogP contribution is -2.04. The molecule has 3 aromatic carbocycles. The van der Waals surface area contributed by atoms with E-state index in [0.29, 0.717) is 19.8 Å². The van der Waals surface area contributed by atoms with E-state index < -0.39 is 0 Å². The molecule has 0 atom stereocenters. The molecule has 0 N–H and O–H groups in total. The Morgan fingerprint density at radius 1 is 0.600 bits per heavy atom. The summed E-state index contributed by atoms with van der Waals surface area (Å²) in [7, 11) is 0. The van der Waals surface area contributed by atoms with Crippen molar-refractivity contribution in [1.82, 2.24) is 9.97 Å². The summed E-state index contributed by atoms with van der Waals surface area (Å²) in [5.74, 6) is 0. The normalized spacial score (nSPS) is 11.2. The van der Waals surface area contributed by atoms with Crippen LogP contribution in [0.25, 0.3) is 20.4 Å². The molecule has 2 heterocycles. The summed E-state index contributed by atoms with van der Waals surface area (Å²) in [4.78, 5) is 34.9. The molecular formula is C22H12N2O2S4. The van der Waals surface area contributed by atoms with Crippen LogP contribution in [-0.2, 0) is 0 Å². The highest BCUT2D eigenvalue weighted by Gasteiger charge is 2.21. The fraction of sp³-hybridized carbons (Fsp3) is 0. The number of thioether (sulfide) groups is 2. The van der Waals surface area contributed by atoms with Crippen LogP contribution in [0.4, 0.5) is 0 Å². The van der Waals surface area contributed by atoms with E-state index >= 15 is 0 Å². The number of nitrogens with zero attached hydrogens (tertiary/aromatic N) is 2. The first-order chi connectivity index (χ1) is 14.7. The van der Waals surface area contributed by atoms with Crippen molar-refractivity contribution in [2.45, 2.75) is 8.68 Å². The lowest BCUT2D eigenvalue weighted by Gasteiger charge is -2.05. The Balaban J connectivity index is 1.39. The number of para-hydroxylation sites is 2. The molecule has 0 saturated heterocycles. The van der Waals surface area contributed by atoms with Crippen molar-refractivity contribution < 1.29 is 9.59 Å². The third-order valence-corrected chi connectivity index (χ3v) is 8.28. The molecule has 2 aromatic heterocycles. The summed E-state index contributed by atoms with van der Waals surface area (Å²) in [6.45, 7) is 0. The molecule has 0 spiro atoms. The molecule has 0 aliphatic rings. The maximum absolute atomic E-state index is 13.0. The van der Waals surface area contributed by atoms with E-state index in [2.05, 4.69) is 9.97 Å². The second kappa shape index (κ2) is 8.31. The summed E-state index contributed by atoms with van der Waals surface area (Å²) >= 11 is 5.06. The first-order valence-electron chi connectivity index (χ1n) is 8.92. The van der Waals surface area contributed by atoms with E-state index in [-0.39, 0.29) is 10.2 Å². The van der Waals surface area contributed by atoms with Gasteiger partial charge in [-0.15, -0.1) is 22.7 Å². The summed E-state index contributed by atoms with van der Waals surface area (Å²) in [5.41, 5.74) is 2.52. The molecule has 0 radical (unpaired) electrons. The van der Waals surface area contributed by atoms with Gasteiger partial charge in [0.15, 0.2) is 8.68 Å². The quantitative estimate of drug-likeness (QED) is 0.274. The van der Waals surface area contributed by atoms with Crippen LogP contribution >= 0.6 is 46.2 Å². The number of fused-ring (bicyclic) bond motifs is 2. The van der Waals surface area contributed by atoms with Crippen LogP contribution in [0.2, 0.25) is 0 Å². The molecule has 0 aliphatic carbocycles. The highest BCUT2D eigenvalue weighted by atomic mass is 32.2. The average molecular weight is 465 g/mol. The van der Waals surface area contributed by atoms with Gasteiger partial charge in [-0.1, -0.05) is 36.4 Å². The van der Waals surface area contributed by atoms with Gasteiger partial charge in [0.25, 0.3) is 0 Å². The number of thiazole rings is 2. The van der Waals surface area contributed by atoms with Gasteiger partial charge in [0.2, 0.25) is 10.2 Å². The van der Waals surface area contributed by atoms with Crippen molar-refractivity contribution in [2.75, 3.05) is 0 Å². The molecule has 8 heteroatoms. The Kier molecular flexibility index (Phi) is 5.39. The molecule has 5 rings (SSSR count). The number of rotatable bonds is 4. The van der Waals surface area contributed by atoms with E-state index in [9.17, 15) is 9.59 Å². The predicted octanol–water partition coefficient (Wildman–Crippen LogP) is 6.77. The van der Waals surface area contributed by atoms with Gasteiger partial charge in [-0.05, 0) is 59.9 Å². The third kappa shape index (κ3) is 3.91. The number of carbonyl (C=O) groups is 2. The number of hydrogen-bond acceptors (Lipinski definition) is 8. The van der Waals surface area contributed by atoms with E-state index in [0.717, 1.165) is 44.0 Å². The monoisotopic (exact) mass is 464 g/mol. The molecule has 0 bridgehead atoms. The molecule has 0 fully saturated rings. The van der Waals surface area contributed by atoms with Crippen molar-refractivity contribution in [3.63, 3.8) is 0 Å². The molecule has 0 amide bonds. The second-order valence-electron chi connectivity index (χ2n) is 6.22. The number of aromatic nitrogens is 2. The Morgan fingerprint density at radius 2 is 1.00 bits per heavy atom. The second-order valence-corrected chi connectivity index (χ2v) is 10.7. The Labute approximate surface area is 188 Å². The molecule has 5 aromatic rings. The Morgan fingerprint density at radius 3 is 1.43 bits per heavy atom. The Bertz CT molecular complexity index is 1230. The van der Waals surface area contributed by atoms with Crippen LogP contribution < -0.4 is 0 Å². The largest absolute Gasteiger partial charge is 0.281 e. The summed E-state index contributed by atoms with van der Waals surface area (Å²) in [6.07, 6.45) is 0. The molecular weight excluding hydrogens is 453 g/mol. The lowest BCUT2D eigenvalue weighted by molar-refractivity contribution is 0.106. The molecule has 30 heavy (non-hydrogen) atoms. The van der Waals surface area contributed by atoms with Gasteiger partial charge in [-0.3, -0.25) is 9.59 Å². The fourth-order valence-electron chi connectivity index (χ4n) is 2.90. The van der Waals surface area contributed by atoms with Crippen LogP contribution in [0.15, 0.2) is 81.5 Å². The molecule has 0 unspecified atom stereocenters. The van der Waals surface area contributed by atoms with Crippen LogP contribution in [-0.4, -0.2) is 20.2 Å². The smallest absolute Gasteiger partial charge is 0.227 e. The van der Waals surface area contributed by atoms with Crippen LogP contribution in [0.3, 0.4) is 0 Å². The van der Waals surface area contributed by atoms with Gasteiger partial charge in [-0.25, -0.2) is 9.97 Å². The Hall–Kier alpha value is -2.52. The van der Waals surface area contributed by atoms with Gasteiger partial charge in [0, 0.05) is 11.1 Å². The summed E-state index contributed by atoms with van der Waals surface area (Å²) < 4.78 is 3.40. The SMILES string of the molecule is O=C(Sc1nc2ccccc2s1)c1ccccc1C(=O)Sc1nc2ccccc2s1. The van der Waals surface area contributed by atoms with E-state index in [1.54, 1.807) is 24.3 Å². The van der Waals surface area contributed by atoms with Crippen molar-refractivity contribution >= 4 is 76.9 Å². The first-order valence-corrected chi connectivity index (χ1v) is 12.2. The number of hydrogen-bond donors (Lipinski definition) is 0. The van der Waals surface area contributed by atoms with E-state index in [1.807, 2.05) is 48.5 Å². The predicted molar refractivity (Wildman–Crippen MR) is 126 cm³/mol. The van der Waals surface area contributed by atoms with Crippen LogP contribution in [0.5, 0.6) is 0 Å². The topological polar surface area (TPSA) is 59.9 Å². The summed E-state index contributed by atoms with van der Waals surface area (Å²) in [6, 6.07) is 22.5. The number of benzene rings is 3. The summed E-state index contributed by atoms with van der Waals surface area (Å²) in [5, 5.41) is -0.384. The zero-order valence-electron chi connectivity index (χ0n) is 15.3. The minimum Gasteiger partial charge on any atom is -0.281 e. The highest BCUT2D eigenvalue weighted by Crippen LogP contribution is 2.35. The van der Waals surface area contributed by atoms with Crippen LogP contribution in [0.1, 0.15) is 20.7 Å². The lowest BCUT2D eigenvalue weighted by atomic mass is 10.1. The van der Waals surface area contributed by atoms with Crippen molar-refractivity contribution in [3.8, 4) is 0 Å². The first kappa shape index (κ1) is 19.4. The van der Waals surface area contributed by atoms with Gasteiger partial charge in [0.1, 0.15) is 0 Å². The maximum Gasteiger partial charge on any atom is 0.227 e. The van der Waals surface area contributed by atoms with Gasteiger partial charge >= 0.3 is 0 Å². The van der Waals surface area contributed by atoms with E-state index in [4.69, 9.17) is 0 Å². The maximum atomic E-state index is 13.0. The molecule has 146 valence electrons. The zero-order chi connectivity index (χ0) is 20.5. The van der Waals surface area contributed by atoms with Gasteiger partial charge < -0.3 is 0 Å².